The standard InChI is InChI=1S/C17H24N4O2S2/c1-12(2)16-18-19-17(24-16)20-7-9-21(10-8-20)25(22,23)15-6-5-13(3)11-14(15)4/h5-6,11-12H,7-10H2,1-4H3. The molecule has 1 saturated heterocycles. The van der Waals surface area contributed by atoms with E-state index >= 15 is 0 Å². The fraction of sp³-hybridized carbons (Fsp3) is 0.529. The number of hydrogen-bond acceptors (Lipinski definition) is 6. The Bertz CT molecular complexity index is 853. The molecule has 0 bridgehead atoms. The predicted octanol–water partition coefficient (Wildman–Crippen LogP) is 2.79. The van der Waals surface area contributed by atoms with Crippen LogP contribution in [0.1, 0.15) is 35.9 Å². The third kappa shape index (κ3) is 3.70. The predicted molar refractivity (Wildman–Crippen MR) is 101 cm³/mol. The highest BCUT2D eigenvalue weighted by Gasteiger charge is 2.30. The van der Waals surface area contributed by atoms with Crippen LogP contribution in [-0.2, 0) is 10.0 Å². The molecular formula is C17H24N4O2S2. The maximum atomic E-state index is 12.9. The van der Waals surface area contributed by atoms with Gasteiger partial charge in [-0.25, -0.2) is 8.42 Å². The zero-order valence-corrected chi connectivity index (χ0v) is 16.7. The summed E-state index contributed by atoms with van der Waals surface area (Å²) < 4.78 is 27.5. The van der Waals surface area contributed by atoms with Crippen molar-refractivity contribution in [3.05, 3.63) is 34.3 Å². The molecule has 25 heavy (non-hydrogen) atoms. The van der Waals surface area contributed by atoms with Gasteiger partial charge in [0.2, 0.25) is 15.2 Å². The van der Waals surface area contributed by atoms with Crippen molar-refractivity contribution in [2.45, 2.75) is 38.5 Å². The molecule has 0 radical (unpaired) electrons. The van der Waals surface area contributed by atoms with Gasteiger partial charge in [-0.2, -0.15) is 4.31 Å². The average Bonchev–Trinajstić information content (AvgIpc) is 3.05. The van der Waals surface area contributed by atoms with Crippen LogP contribution in [0, 0.1) is 13.8 Å². The Labute approximate surface area is 153 Å². The monoisotopic (exact) mass is 380 g/mol. The normalized spacial score (nSPS) is 16.6. The van der Waals surface area contributed by atoms with E-state index in [0.29, 0.717) is 37.0 Å². The minimum atomic E-state index is -3.45. The first-order chi connectivity index (χ1) is 11.8. The minimum Gasteiger partial charge on any atom is -0.344 e. The molecule has 2 aromatic rings. The summed E-state index contributed by atoms with van der Waals surface area (Å²) in [6.45, 7) is 10.2. The van der Waals surface area contributed by atoms with Crippen molar-refractivity contribution >= 4 is 26.5 Å². The second kappa shape index (κ2) is 7.01. The summed E-state index contributed by atoms with van der Waals surface area (Å²) in [5.41, 5.74) is 1.87. The van der Waals surface area contributed by atoms with Crippen LogP contribution in [0.3, 0.4) is 0 Å². The van der Waals surface area contributed by atoms with E-state index in [1.54, 1.807) is 21.7 Å². The Kier molecular flexibility index (Phi) is 5.13. The Morgan fingerprint density at radius 2 is 1.76 bits per heavy atom. The number of sulfonamides is 1. The molecular weight excluding hydrogens is 356 g/mol. The Morgan fingerprint density at radius 1 is 1.08 bits per heavy atom. The summed E-state index contributed by atoms with van der Waals surface area (Å²) in [4.78, 5) is 2.53. The number of aryl methyl sites for hydroxylation is 2. The van der Waals surface area contributed by atoms with Crippen LogP contribution in [0.2, 0.25) is 0 Å². The molecule has 0 atom stereocenters. The van der Waals surface area contributed by atoms with Crippen LogP contribution < -0.4 is 4.90 Å². The molecule has 0 unspecified atom stereocenters. The smallest absolute Gasteiger partial charge is 0.243 e. The van der Waals surface area contributed by atoms with Gasteiger partial charge < -0.3 is 4.90 Å². The van der Waals surface area contributed by atoms with Crippen molar-refractivity contribution in [1.82, 2.24) is 14.5 Å². The number of rotatable bonds is 4. The molecule has 0 amide bonds. The van der Waals surface area contributed by atoms with Gasteiger partial charge in [0.25, 0.3) is 0 Å². The van der Waals surface area contributed by atoms with Gasteiger partial charge in [-0.15, -0.1) is 10.2 Å². The van der Waals surface area contributed by atoms with Crippen LogP contribution in [0.4, 0.5) is 5.13 Å². The number of anilines is 1. The number of benzene rings is 1. The van der Waals surface area contributed by atoms with Crippen molar-refractivity contribution in [1.29, 1.82) is 0 Å². The summed E-state index contributed by atoms with van der Waals surface area (Å²) >= 11 is 1.59. The highest BCUT2D eigenvalue weighted by atomic mass is 32.2. The first kappa shape index (κ1) is 18.3. The summed E-state index contributed by atoms with van der Waals surface area (Å²) in [6, 6.07) is 5.48. The maximum Gasteiger partial charge on any atom is 0.243 e. The molecule has 3 rings (SSSR count). The Hall–Kier alpha value is -1.51. The van der Waals surface area contributed by atoms with Gasteiger partial charge >= 0.3 is 0 Å². The van der Waals surface area contributed by atoms with Gasteiger partial charge in [-0.1, -0.05) is 42.9 Å². The second-order valence-corrected chi connectivity index (χ2v) is 9.63. The van der Waals surface area contributed by atoms with Crippen LogP contribution in [-0.4, -0.2) is 49.1 Å². The number of nitrogens with zero attached hydrogens (tertiary/aromatic N) is 4. The fourth-order valence-corrected chi connectivity index (χ4v) is 5.46. The molecule has 1 aromatic heterocycles. The van der Waals surface area contributed by atoms with E-state index in [1.165, 1.54) is 0 Å². The summed E-state index contributed by atoms with van der Waals surface area (Å²) in [5.74, 6) is 0.359. The Balaban J connectivity index is 1.72. The quantitative estimate of drug-likeness (QED) is 0.816. The van der Waals surface area contributed by atoms with Gasteiger partial charge in [0, 0.05) is 32.1 Å². The van der Waals surface area contributed by atoms with Crippen LogP contribution in [0.5, 0.6) is 0 Å². The molecule has 0 aliphatic carbocycles. The molecule has 8 heteroatoms. The molecule has 1 aromatic carbocycles. The zero-order valence-electron chi connectivity index (χ0n) is 15.1. The largest absolute Gasteiger partial charge is 0.344 e. The molecule has 1 aliphatic rings. The van der Waals surface area contributed by atoms with Gasteiger partial charge in [0.1, 0.15) is 5.01 Å². The average molecular weight is 381 g/mol. The van der Waals surface area contributed by atoms with Crippen LogP contribution in [0.15, 0.2) is 23.1 Å². The molecule has 136 valence electrons. The molecule has 1 aliphatic heterocycles. The van der Waals surface area contributed by atoms with Crippen molar-refractivity contribution in [3.8, 4) is 0 Å². The van der Waals surface area contributed by atoms with Crippen molar-refractivity contribution < 1.29 is 8.42 Å². The molecule has 0 spiro atoms. The van der Waals surface area contributed by atoms with Crippen molar-refractivity contribution in [2.75, 3.05) is 31.1 Å². The summed E-state index contributed by atoms with van der Waals surface area (Å²) in [6.07, 6.45) is 0. The topological polar surface area (TPSA) is 66.4 Å². The molecule has 2 heterocycles. The molecule has 0 saturated carbocycles. The van der Waals surface area contributed by atoms with Gasteiger partial charge in [0.05, 0.1) is 4.90 Å². The minimum absolute atomic E-state index is 0.359. The van der Waals surface area contributed by atoms with Crippen molar-refractivity contribution in [2.24, 2.45) is 0 Å². The van der Waals surface area contributed by atoms with Gasteiger partial charge in [-0.3, -0.25) is 0 Å². The lowest BCUT2D eigenvalue weighted by Gasteiger charge is -2.33. The van der Waals surface area contributed by atoms with E-state index in [-0.39, 0.29) is 0 Å². The number of piperazine rings is 1. The van der Waals surface area contributed by atoms with E-state index in [0.717, 1.165) is 21.3 Å². The van der Waals surface area contributed by atoms with E-state index in [2.05, 4.69) is 28.9 Å². The molecule has 1 fully saturated rings. The zero-order chi connectivity index (χ0) is 18.2. The van der Waals surface area contributed by atoms with Crippen LogP contribution >= 0.6 is 11.3 Å². The number of aromatic nitrogens is 2. The van der Waals surface area contributed by atoms with E-state index < -0.39 is 10.0 Å². The number of hydrogen-bond donors (Lipinski definition) is 0. The lowest BCUT2D eigenvalue weighted by Crippen LogP contribution is -2.48. The van der Waals surface area contributed by atoms with Gasteiger partial charge in [-0.05, 0) is 25.5 Å². The summed E-state index contributed by atoms with van der Waals surface area (Å²) in [5, 5.41) is 10.4. The highest BCUT2D eigenvalue weighted by Crippen LogP contribution is 2.28. The Morgan fingerprint density at radius 3 is 2.32 bits per heavy atom. The lowest BCUT2D eigenvalue weighted by atomic mass is 10.2. The second-order valence-electron chi connectivity index (χ2n) is 6.74. The molecule has 0 N–H and O–H groups in total. The van der Waals surface area contributed by atoms with E-state index in [9.17, 15) is 8.42 Å². The third-order valence-electron chi connectivity index (χ3n) is 4.38. The van der Waals surface area contributed by atoms with Crippen LogP contribution in [0.25, 0.3) is 0 Å². The third-order valence-corrected chi connectivity index (χ3v) is 7.72. The maximum absolute atomic E-state index is 12.9. The molecule has 6 nitrogen and oxygen atoms in total. The summed E-state index contributed by atoms with van der Waals surface area (Å²) in [7, 11) is -3.45. The first-order valence-corrected chi connectivity index (χ1v) is 10.7. The first-order valence-electron chi connectivity index (χ1n) is 8.45. The lowest BCUT2D eigenvalue weighted by molar-refractivity contribution is 0.384. The van der Waals surface area contributed by atoms with Gasteiger partial charge in [0.15, 0.2) is 0 Å². The van der Waals surface area contributed by atoms with E-state index in [1.807, 2.05) is 26.0 Å². The van der Waals surface area contributed by atoms with E-state index in [4.69, 9.17) is 0 Å². The van der Waals surface area contributed by atoms with Crippen molar-refractivity contribution in [3.63, 3.8) is 0 Å². The fourth-order valence-electron chi connectivity index (χ4n) is 2.94. The SMILES string of the molecule is Cc1ccc(S(=O)(=O)N2CCN(c3nnc(C(C)C)s3)CC2)c(C)c1. The highest BCUT2D eigenvalue weighted by molar-refractivity contribution is 7.89.